The summed E-state index contributed by atoms with van der Waals surface area (Å²) in [5.41, 5.74) is 2.47. The summed E-state index contributed by atoms with van der Waals surface area (Å²) in [6.07, 6.45) is 0.340. The summed E-state index contributed by atoms with van der Waals surface area (Å²) in [6, 6.07) is 4.23. The van der Waals surface area contributed by atoms with Crippen molar-refractivity contribution >= 4 is 54.5 Å². The Morgan fingerprint density at radius 1 is 1.06 bits per heavy atom. The van der Waals surface area contributed by atoms with Gasteiger partial charge in [-0.2, -0.15) is 0 Å². The fourth-order valence-corrected chi connectivity index (χ4v) is 5.95. The molecule has 0 aromatic carbocycles. The molecule has 0 amide bonds. The van der Waals surface area contributed by atoms with Gasteiger partial charge in [-0.3, -0.25) is 0 Å². The van der Waals surface area contributed by atoms with Gasteiger partial charge in [-0.05, 0) is 34.0 Å². The molecule has 3 unspecified atom stereocenters. The van der Waals surface area contributed by atoms with Gasteiger partial charge >= 0.3 is 0 Å². The number of alkyl halides is 2. The van der Waals surface area contributed by atoms with Crippen molar-refractivity contribution in [2.75, 3.05) is 0 Å². The van der Waals surface area contributed by atoms with Gasteiger partial charge in [-0.25, -0.2) is 0 Å². The van der Waals surface area contributed by atoms with Crippen molar-refractivity contribution in [3.05, 3.63) is 43.8 Å². The molecule has 0 saturated carbocycles. The highest BCUT2D eigenvalue weighted by Crippen LogP contribution is 2.50. The molecule has 5 heteroatoms. The third-order valence-corrected chi connectivity index (χ3v) is 8.13. The number of rotatable bonds is 0. The molecular formula is C12H10Br2OS2. The Kier molecular flexibility index (Phi) is 3.47. The van der Waals surface area contributed by atoms with E-state index in [1.54, 1.807) is 22.7 Å². The minimum Gasteiger partial charge on any atom is -0.387 e. The summed E-state index contributed by atoms with van der Waals surface area (Å²) in [7, 11) is 0. The Morgan fingerprint density at radius 3 is 2.59 bits per heavy atom. The van der Waals surface area contributed by atoms with Crippen molar-refractivity contribution in [1.82, 2.24) is 0 Å². The van der Waals surface area contributed by atoms with Crippen molar-refractivity contribution in [3.8, 4) is 0 Å². The van der Waals surface area contributed by atoms with Gasteiger partial charge in [0.15, 0.2) is 0 Å². The van der Waals surface area contributed by atoms with Gasteiger partial charge < -0.3 is 5.11 Å². The molecule has 1 aliphatic carbocycles. The molecular weight excluding hydrogens is 384 g/mol. The Hall–Kier alpha value is 0.320. The highest BCUT2D eigenvalue weighted by Gasteiger charge is 2.31. The van der Waals surface area contributed by atoms with Crippen LogP contribution < -0.4 is 0 Å². The zero-order chi connectivity index (χ0) is 12.0. The minimum atomic E-state index is -0.376. The predicted molar refractivity (Wildman–Crippen MR) is 80.6 cm³/mol. The second-order valence-corrected chi connectivity index (χ2v) is 7.94. The van der Waals surface area contributed by atoms with Crippen LogP contribution in [-0.4, -0.2) is 5.11 Å². The van der Waals surface area contributed by atoms with E-state index < -0.39 is 0 Å². The third kappa shape index (κ3) is 2.06. The van der Waals surface area contributed by atoms with Crippen molar-refractivity contribution in [2.24, 2.45) is 0 Å². The quantitative estimate of drug-likeness (QED) is 0.626. The molecule has 0 aliphatic heterocycles. The van der Waals surface area contributed by atoms with Gasteiger partial charge in [-0.1, -0.05) is 31.9 Å². The second-order valence-electron chi connectivity index (χ2n) is 4.07. The van der Waals surface area contributed by atoms with E-state index in [9.17, 15) is 5.11 Å². The maximum absolute atomic E-state index is 10.3. The summed E-state index contributed by atoms with van der Waals surface area (Å²) >= 11 is 10.9. The predicted octanol–water partition coefficient (Wildman–Crippen LogP) is 4.97. The van der Waals surface area contributed by atoms with Crippen LogP contribution in [0.1, 0.15) is 36.6 Å². The zero-order valence-electron chi connectivity index (χ0n) is 8.77. The lowest BCUT2D eigenvalue weighted by Gasteiger charge is -2.23. The van der Waals surface area contributed by atoms with Gasteiger partial charge in [-0.15, -0.1) is 22.7 Å². The van der Waals surface area contributed by atoms with Crippen LogP contribution in [-0.2, 0) is 6.42 Å². The van der Waals surface area contributed by atoms with Crippen LogP contribution >= 0.6 is 54.5 Å². The molecule has 0 bridgehead atoms. The lowest BCUT2D eigenvalue weighted by Crippen LogP contribution is -2.10. The average molecular weight is 394 g/mol. The van der Waals surface area contributed by atoms with Gasteiger partial charge in [0.05, 0.1) is 15.8 Å². The number of aliphatic hydroxyl groups is 1. The van der Waals surface area contributed by atoms with Crippen LogP contribution in [0, 0.1) is 0 Å². The molecule has 1 nitrogen and oxygen atoms in total. The van der Waals surface area contributed by atoms with Crippen LogP contribution in [0.25, 0.3) is 0 Å². The first-order chi connectivity index (χ1) is 8.18. The first kappa shape index (κ1) is 12.4. The third-order valence-electron chi connectivity index (χ3n) is 3.03. The summed E-state index contributed by atoms with van der Waals surface area (Å²) in [5, 5.41) is 14.5. The highest BCUT2D eigenvalue weighted by atomic mass is 79.9. The van der Waals surface area contributed by atoms with E-state index in [-0.39, 0.29) is 15.8 Å². The summed E-state index contributed by atoms with van der Waals surface area (Å²) in [6.45, 7) is 0. The summed E-state index contributed by atoms with van der Waals surface area (Å²) < 4.78 is 0. The maximum atomic E-state index is 10.3. The van der Waals surface area contributed by atoms with E-state index in [0.29, 0.717) is 6.42 Å². The first-order valence-electron chi connectivity index (χ1n) is 5.28. The normalized spacial score (nSPS) is 28.1. The van der Waals surface area contributed by atoms with E-state index in [0.717, 1.165) is 4.88 Å². The number of hydrogen-bond donors (Lipinski definition) is 1. The smallest absolute Gasteiger partial charge is 0.0925 e. The molecule has 1 aliphatic rings. The van der Waals surface area contributed by atoms with Gasteiger partial charge in [0.25, 0.3) is 0 Å². The zero-order valence-corrected chi connectivity index (χ0v) is 13.6. The van der Waals surface area contributed by atoms with Crippen LogP contribution in [0.2, 0.25) is 0 Å². The fraction of sp³-hybridized carbons (Fsp3) is 0.333. The fourth-order valence-electron chi connectivity index (χ4n) is 2.18. The molecule has 1 N–H and O–H groups in total. The van der Waals surface area contributed by atoms with Crippen molar-refractivity contribution in [3.63, 3.8) is 0 Å². The van der Waals surface area contributed by atoms with Crippen LogP contribution in [0.4, 0.5) is 0 Å². The number of fused-ring (bicyclic) bond motifs is 2. The molecule has 0 spiro atoms. The molecule has 2 aromatic rings. The highest BCUT2D eigenvalue weighted by molar-refractivity contribution is 9.12. The molecule has 0 radical (unpaired) electrons. The van der Waals surface area contributed by atoms with Crippen molar-refractivity contribution in [1.29, 1.82) is 0 Å². The van der Waals surface area contributed by atoms with E-state index in [1.807, 2.05) is 0 Å². The van der Waals surface area contributed by atoms with Crippen molar-refractivity contribution < 1.29 is 5.11 Å². The SMILES string of the molecule is OC1Cc2ccsc2C(Br)C(Br)c2ccsc21. The number of halogens is 2. The summed E-state index contributed by atoms with van der Waals surface area (Å²) in [4.78, 5) is 2.91. The van der Waals surface area contributed by atoms with Gasteiger partial charge in [0, 0.05) is 16.2 Å². The minimum absolute atomic E-state index is 0.219. The Balaban J connectivity index is 2.13. The van der Waals surface area contributed by atoms with E-state index in [2.05, 4.69) is 54.8 Å². The molecule has 0 fully saturated rings. The van der Waals surface area contributed by atoms with Crippen LogP contribution in [0.15, 0.2) is 22.9 Å². The van der Waals surface area contributed by atoms with Gasteiger partial charge in [0.1, 0.15) is 0 Å². The molecule has 17 heavy (non-hydrogen) atoms. The topological polar surface area (TPSA) is 20.2 Å². The lowest BCUT2D eigenvalue weighted by atomic mass is 9.97. The average Bonchev–Trinajstić information content (AvgIpc) is 2.93. The van der Waals surface area contributed by atoms with E-state index in [4.69, 9.17) is 0 Å². The number of hydrogen-bond acceptors (Lipinski definition) is 3. The Bertz CT molecular complexity index is 534. The standard InChI is InChI=1S/C12H10Br2OS2/c13-9-7-2-4-17-12(7)8(15)5-6-1-3-16-11(6)10(9)14/h1-4,8-10,15H,5H2. The van der Waals surface area contributed by atoms with Crippen LogP contribution in [0.5, 0.6) is 0 Å². The molecule has 2 aromatic heterocycles. The molecule has 3 atom stereocenters. The molecule has 2 heterocycles. The van der Waals surface area contributed by atoms with E-state index in [1.165, 1.54) is 16.0 Å². The van der Waals surface area contributed by atoms with E-state index >= 15 is 0 Å². The molecule has 90 valence electrons. The van der Waals surface area contributed by atoms with Crippen molar-refractivity contribution in [2.45, 2.75) is 22.2 Å². The monoisotopic (exact) mass is 392 g/mol. The van der Waals surface area contributed by atoms with Gasteiger partial charge in [0.2, 0.25) is 0 Å². The first-order valence-corrected chi connectivity index (χ1v) is 8.87. The second kappa shape index (κ2) is 4.78. The number of aliphatic hydroxyl groups excluding tert-OH is 1. The molecule has 3 rings (SSSR count). The lowest BCUT2D eigenvalue weighted by molar-refractivity contribution is 0.180. The number of thiophene rings is 2. The largest absolute Gasteiger partial charge is 0.387 e. The summed E-state index contributed by atoms with van der Waals surface area (Å²) in [5.74, 6) is 0. The maximum Gasteiger partial charge on any atom is 0.0925 e. The van der Waals surface area contributed by atoms with Crippen LogP contribution in [0.3, 0.4) is 0 Å². The Morgan fingerprint density at radius 2 is 1.76 bits per heavy atom. The Labute approximate surface area is 125 Å². The molecule has 0 saturated heterocycles.